The summed E-state index contributed by atoms with van der Waals surface area (Å²) in [6.07, 6.45) is 0.858. The molecular formula is C17H23N5O4. The number of carbonyl (C=O) groups is 3. The Balaban J connectivity index is 1.81. The minimum atomic E-state index is -1.07. The number of ether oxygens (including phenoxy) is 1. The maximum Gasteiger partial charge on any atom is 0.410 e. The lowest BCUT2D eigenvalue weighted by Gasteiger charge is -2.31. The molecule has 26 heavy (non-hydrogen) atoms. The first-order valence-corrected chi connectivity index (χ1v) is 8.40. The van der Waals surface area contributed by atoms with E-state index in [1.54, 1.807) is 0 Å². The van der Waals surface area contributed by atoms with E-state index in [0.29, 0.717) is 19.4 Å². The topological polar surface area (TPSA) is 138 Å². The molecule has 140 valence electrons. The van der Waals surface area contributed by atoms with Gasteiger partial charge in [0, 0.05) is 13.1 Å². The number of piperidine rings is 1. The highest BCUT2D eigenvalue weighted by Crippen LogP contribution is 2.18. The number of benzene rings is 1. The Morgan fingerprint density at radius 3 is 2.73 bits per heavy atom. The van der Waals surface area contributed by atoms with Crippen molar-refractivity contribution in [2.45, 2.75) is 25.5 Å². The Morgan fingerprint density at radius 1 is 1.35 bits per heavy atom. The van der Waals surface area contributed by atoms with Crippen LogP contribution in [0.15, 0.2) is 35.4 Å². The molecule has 2 atom stereocenters. The Kier molecular flexibility index (Phi) is 7.07. The molecule has 1 aromatic rings. The van der Waals surface area contributed by atoms with Crippen molar-refractivity contribution in [3.63, 3.8) is 0 Å². The van der Waals surface area contributed by atoms with Gasteiger partial charge in [0.1, 0.15) is 6.61 Å². The van der Waals surface area contributed by atoms with Gasteiger partial charge in [0.15, 0.2) is 6.04 Å². The number of likely N-dealkylation sites (tertiary alicyclic amines) is 1. The monoisotopic (exact) mass is 361 g/mol. The highest BCUT2D eigenvalue weighted by molar-refractivity contribution is 5.83. The molecule has 0 saturated carbocycles. The molecule has 3 amide bonds. The molecule has 1 aliphatic heterocycles. The van der Waals surface area contributed by atoms with Crippen LogP contribution in [-0.4, -0.2) is 48.5 Å². The minimum absolute atomic E-state index is 0.118. The molecule has 1 fully saturated rings. The van der Waals surface area contributed by atoms with E-state index in [4.69, 9.17) is 16.0 Å². The first-order valence-electron chi connectivity index (χ1n) is 8.40. The number of nitrogens with zero attached hydrogens (tertiary/aromatic N) is 2. The third-order valence-corrected chi connectivity index (χ3v) is 4.21. The molecule has 0 spiro atoms. The van der Waals surface area contributed by atoms with Crippen LogP contribution in [0, 0.1) is 11.4 Å². The van der Waals surface area contributed by atoms with Gasteiger partial charge in [-0.05, 0) is 18.4 Å². The first-order chi connectivity index (χ1) is 12.5. The van der Waals surface area contributed by atoms with Crippen LogP contribution in [0.25, 0.3) is 0 Å². The fourth-order valence-electron chi connectivity index (χ4n) is 2.72. The van der Waals surface area contributed by atoms with Gasteiger partial charge in [-0.3, -0.25) is 9.59 Å². The highest BCUT2D eigenvalue weighted by atomic mass is 16.6. The maximum absolute atomic E-state index is 12.2. The van der Waals surface area contributed by atoms with Crippen molar-refractivity contribution in [2.24, 2.45) is 16.8 Å². The normalized spacial score (nSPS) is 17.8. The summed E-state index contributed by atoms with van der Waals surface area (Å²) in [5.41, 5.74) is 12.9. The number of primary amides is 1. The number of carbonyl (C=O) groups excluding carboxylic acids is 3. The van der Waals surface area contributed by atoms with Gasteiger partial charge in [-0.2, -0.15) is 5.11 Å². The average Bonchev–Trinajstić information content (AvgIpc) is 2.67. The van der Waals surface area contributed by atoms with Gasteiger partial charge in [-0.25, -0.2) is 10.3 Å². The third kappa shape index (κ3) is 5.54. The summed E-state index contributed by atoms with van der Waals surface area (Å²) in [4.78, 5) is 37.0. The lowest BCUT2D eigenvalue weighted by molar-refractivity contribution is -0.126. The standard InChI is InChI=1S/C17H23N5O4/c18-15(23)14(21-19)9-20-16(24)13-7-4-8-22(10-13)17(25)26-11-12-5-2-1-3-6-12/h1-3,5-6,13-14,19H,4,7-11H2,(H2,18,23)(H,20,24). The summed E-state index contributed by atoms with van der Waals surface area (Å²) < 4.78 is 5.30. The van der Waals surface area contributed by atoms with Crippen LogP contribution in [0.4, 0.5) is 4.79 Å². The van der Waals surface area contributed by atoms with Crippen LogP contribution in [-0.2, 0) is 20.9 Å². The van der Waals surface area contributed by atoms with Gasteiger partial charge >= 0.3 is 6.09 Å². The summed E-state index contributed by atoms with van der Waals surface area (Å²) in [5, 5.41) is 5.65. The van der Waals surface area contributed by atoms with Gasteiger partial charge in [0.05, 0.1) is 12.5 Å². The molecule has 4 N–H and O–H groups in total. The third-order valence-electron chi connectivity index (χ3n) is 4.21. The zero-order chi connectivity index (χ0) is 18.9. The smallest absolute Gasteiger partial charge is 0.410 e. The number of hydrogen-bond acceptors (Lipinski definition) is 6. The Labute approximate surface area is 151 Å². The van der Waals surface area contributed by atoms with Crippen molar-refractivity contribution in [2.75, 3.05) is 19.6 Å². The summed E-state index contributed by atoms with van der Waals surface area (Å²) in [6, 6.07) is 8.28. The fraction of sp³-hybridized carbons (Fsp3) is 0.471. The predicted octanol–water partition coefficient (Wildman–Crippen LogP) is 1.04. The van der Waals surface area contributed by atoms with Crippen molar-refractivity contribution < 1.29 is 19.1 Å². The molecule has 2 rings (SSSR count). The summed E-state index contributed by atoms with van der Waals surface area (Å²) in [7, 11) is 0. The van der Waals surface area contributed by atoms with E-state index in [2.05, 4.69) is 10.4 Å². The number of hydrogen-bond donors (Lipinski definition) is 3. The molecular weight excluding hydrogens is 338 g/mol. The summed E-state index contributed by atoms with van der Waals surface area (Å²) in [5.74, 6) is -1.46. The zero-order valence-electron chi connectivity index (χ0n) is 14.4. The number of rotatable bonds is 7. The summed E-state index contributed by atoms with van der Waals surface area (Å²) >= 11 is 0. The van der Waals surface area contributed by atoms with Crippen molar-refractivity contribution in [1.29, 1.82) is 5.53 Å². The van der Waals surface area contributed by atoms with Crippen molar-refractivity contribution in [3.8, 4) is 0 Å². The molecule has 1 heterocycles. The lowest BCUT2D eigenvalue weighted by Crippen LogP contribution is -2.47. The van der Waals surface area contributed by atoms with E-state index in [0.717, 1.165) is 5.56 Å². The molecule has 2 unspecified atom stereocenters. The highest BCUT2D eigenvalue weighted by Gasteiger charge is 2.29. The Hall–Kier alpha value is -2.97. The van der Waals surface area contributed by atoms with E-state index in [1.165, 1.54) is 4.90 Å². The van der Waals surface area contributed by atoms with Crippen molar-refractivity contribution >= 4 is 17.9 Å². The van der Waals surface area contributed by atoms with Crippen LogP contribution in [0.1, 0.15) is 18.4 Å². The lowest BCUT2D eigenvalue weighted by atomic mass is 9.97. The van der Waals surface area contributed by atoms with Gasteiger partial charge in [-0.15, -0.1) is 0 Å². The number of nitrogens with one attached hydrogen (secondary N) is 2. The molecule has 0 aliphatic carbocycles. The van der Waals surface area contributed by atoms with Gasteiger partial charge < -0.3 is 20.7 Å². The quantitative estimate of drug-likeness (QED) is 0.624. The van der Waals surface area contributed by atoms with Crippen LogP contribution in [0.3, 0.4) is 0 Å². The van der Waals surface area contributed by atoms with Gasteiger partial charge in [-0.1, -0.05) is 30.3 Å². The largest absolute Gasteiger partial charge is 0.445 e. The zero-order valence-corrected chi connectivity index (χ0v) is 14.4. The van der Waals surface area contributed by atoms with Crippen molar-refractivity contribution in [1.82, 2.24) is 10.2 Å². The first kappa shape index (κ1) is 19.4. The summed E-state index contributed by atoms with van der Waals surface area (Å²) in [6.45, 7) is 0.840. The van der Waals surface area contributed by atoms with E-state index in [1.807, 2.05) is 30.3 Å². The molecule has 9 nitrogen and oxygen atoms in total. The molecule has 1 aromatic carbocycles. The van der Waals surface area contributed by atoms with Crippen LogP contribution < -0.4 is 11.1 Å². The predicted molar refractivity (Wildman–Crippen MR) is 92.1 cm³/mol. The van der Waals surface area contributed by atoms with Gasteiger partial charge in [0.25, 0.3) is 0 Å². The van der Waals surface area contributed by atoms with E-state index >= 15 is 0 Å². The number of nitrogens with two attached hydrogens (primary N) is 1. The number of amides is 3. The van der Waals surface area contributed by atoms with E-state index < -0.39 is 24.0 Å². The molecule has 0 radical (unpaired) electrons. The second kappa shape index (κ2) is 9.50. The molecule has 0 aromatic heterocycles. The van der Waals surface area contributed by atoms with E-state index in [-0.39, 0.29) is 25.6 Å². The molecule has 0 bridgehead atoms. The molecule has 9 heteroatoms. The maximum atomic E-state index is 12.2. The molecule has 1 aliphatic rings. The average molecular weight is 361 g/mol. The second-order valence-corrected chi connectivity index (χ2v) is 6.12. The van der Waals surface area contributed by atoms with Crippen LogP contribution >= 0.6 is 0 Å². The SMILES string of the molecule is N=NC(CNC(=O)C1CCCN(C(=O)OCc2ccccc2)C1)C(N)=O. The molecule has 1 saturated heterocycles. The second-order valence-electron chi connectivity index (χ2n) is 6.12. The van der Waals surface area contributed by atoms with Gasteiger partial charge in [0.2, 0.25) is 11.8 Å². The Morgan fingerprint density at radius 2 is 2.08 bits per heavy atom. The fourth-order valence-corrected chi connectivity index (χ4v) is 2.72. The van der Waals surface area contributed by atoms with Crippen LogP contribution in [0.2, 0.25) is 0 Å². The van der Waals surface area contributed by atoms with E-state index in [9.17, 15) is 14.4 Å². The van der Waals surface area contributed by atoms with Crippen molar-refractivity contribution in [3.05, 3.63) is 35.9 Å². The minimum Gasteiger partial charge on any atom is -0.445 e. The Bertz CT molecular complexity index is 652. The van der Waals surface area contributed by atoms with Crippen LogP contribution in [0.5, 0.6) is 0 Å².